The van der Waals surface area contributed by atoms with Crippen LogP contribution in [0.5, 0.6) is 5.75 Å². The van der Waals surface area contributed by atoms with E-state index in [1.54, 1.807) is 6.07 Å². The molecule has 0 aliphatic carbocycles. The molecule has 0 saturated carbocycles. The molecule has 0 spiro atoms. The van der Waals surface area contributed by atoms with Crippen molar-refractivity contribution in [1.82, 2.24) is 0 Å². The number of ether oxygens (including phenoxy) is 1. The summed E-state index contributed by atoms with van der Waals surface area (Å²) in [6.07, 6.45) is 5.62. The highest BCUT2D eigenvalue weighted by molar-refractivity contribution is 5.32. The summed E-state index contributed by atoms with van der Waals surface area (Å²) in [6.45, 7) is 6.68. The quantitative estimate of drug-likeness (QED) is 0.336. The van der Waals surface area contributed by atoms with E-state index in [1.165, 1.54) is 11.1 Å². The number of rotatable bonds is 10. The van der Waals surface area contributed by atoms with Crippen molar-refractivity contribution >= 4 is 0 Å². The zero-order chi connectivity index (χ0) is 20.5. The lowest BCUT2D eigenvalue weighted by atomic mass is 9.92. The van der Waals surface area contributed by atoms with Gasteiger partial charge in [0, 0.05) is 12.3 Å². The van der Waals surface area contributed by atoms with Gasteiger partial charge in [0.1, 0.15) is 11.6 Å². The number of halogens is 1. The van der Waals surface area contributed by atoms with Crippen molar-refractivity contribution in [2.75, 3.05) is 6.61 Å². The molecule has 29 heavy (non-hydrogen) atoms. The van der Waals surface area contributed by atoms with Crippen LogP contribution in [0.3, 0.4) is 0 Å². The SMILES string of the molecule is C=CC(CCCc1ccc(F)c(Cc2ccccc2)c1)c1ccc(OCC)cc1. The Morgan fingerprint density at radius 1 is 0.966 bits per heavy atom. The van der Waals surface area contributed by atoms with Crippen molar-refractivity contribution in [3.8, 4) is 5.75 Å². The normalized spacial score (nSPS) is 11.8. The second-order valence-electron chi connectivity index (χ2n) is 7.32. The van der Waals surface area contributed by atoms with Crippen LogP contribution in [-0.4, -0.2) is 6.61 Å². The topological polar surface area (TPSA) is 9.23 Å². The van der Waals surface area contributed by atoms with E-state index in [1.807, 2.05) is 67.6 Å². The maximum atomic E-state index is 14.2. The van der Waals surface area contributed by atoms with Crippen molar-refractivity contribution in [3.63, 3.8) is 0 Å². The lowest BCUT2D eigenvalue weighted by molar-refractivity contribution is 0.340. The van der Waals surface area contributed by atoms with Crippen LogP contribution in [0.25, 0.3) is 0 Å². The van der Waals surface area contributed by atoms with Gasteiger partial charge in [0.15, 0.2) is 0 Å². The van der Waals surface area contributed by atoms with Crippen LogP contribution in [0.4, 0.5) is 4.39 Å². The molecule has 2 heteroatoms. The number of aryl methyl sites for hydroxylation is 1. The third kappa shape index (κ3) is 6.05. The van der Waals surface area contributed by atoms with Crippen LogP contribution in [-0.2, 0) is 12.8 Å². The fourth-order valence-corrected chi connectivity index (χ4v) is 3.66. The van der Waals surface area contributed by atoms with Gasteiger partial charge >= 0.3 is 0 Å². The highest BCUT2D eigenvalue weighted by atomic mass is 19.1. The second-order valence-corrected chi connectivity index (χ2v) is 7.32. The van der Waals surface area contributed by atoms with Gasteiger partial charge < -0.3 is 4.74 Å². The van der Waals surface area contributed by atoms with E-state index in [4.69, 9.17) is 4.74 Å². The fraction of sp³-hybridized carbons (Fsp3) is 0.259. The Morgan fingerprint density at radius 3 is 2.41 bits per heavy atom. The molecule has 0 aliphatic heterocycles. The summed E-state index contributed by atoms with van der Waals surface area (Å²) in [7, 11) is 0. The fourth-order valence-electron chi connectivity index (χ4n) is 3.66. The van der Waals surface area contributed by atoms with E-state index in [0.29, 0.717) is 18.9 Å². The Hall–Kier alpha value is -2.87. The Kier molecular flexibility index (Phi) is 7.63. The molecule has 1 unspecified atom stereocenters. The van der Waals surface area contributed by atoms with Gasteiger partial charge in [-0.1, -0.05) is 60.7 Å². The van der Waals surface area contributed by atoms with Crippen LogP contribution in [0.2, 0.25) is 0 Å². The molecule has 0 N–H and O–H groups in total. The van der Waals surface area contributed by atoms with Crippen molar-refractivity contribution in [2.24, 2.45) is 0 Å². The van der Waals surface area contributed by atoms with Crippen molar-refractivity contribution in [2.45, 2.75) is 38.5 Å². The summed E-state index contributed by atoms with van der Waals surface area (Å²) in [5.74, 6) is 1.09. The molecule has 0 heterocycles. The minimum atomic E-state index is -0.129. The maximum Gasteiger partial charge on any atom is 0.126 e. The van der Waals surface area contributed by atoms with Gasteiger partial charge in [-0.2, -0.15) is 0 Å². The first-order valence-corrected chi connectivity index (χ1v) is 10.4. The van der Waals surface area contributed by atoms with Gasteiger partial charge in [0.2, 0.25) is 0 Å². The molecule has 1 atom stereocenters. The van der Waals surface area contributed by atoms with Gasteiger partial charge in [-0.05, 0) is 66.6 Å². The average Bonchev–Trinajstić information content (AvgIpc) is 2.75. The minimum absolute atomic E-state index is 0.129. The molecule has 150 valence electrons. The van der Waals surface area contributed by atoms with Crippen molar-refractivity contribution in [1.29, 1.82) is 0 Å². The Bertz CT molecular complexity index is 900. The molecular weight excluding hydrogens is 359 g/mol. The van der Waals surface area contributed by atoms with Crippen LogP contribution >= 0.6 is 0 Å². The van der Waals surface area contributed by atoms with E-state index in [-0.39, 0.29) is 5.82 Å². The molecule has 1 nitrogen and oxygen atoms in total. The summed E-state index contributed by atoms with van der Waals surface area (Å²) in [6, 6.07) is 23.8. The lowest BCUT2D eigenvalue weighted by Gasteiger charge is -2.14. The van der Waals surface area contributed by atoms with Crippen LogP contribution in [0.1, 0.15) is 47.9 Å². The highest BCUT2D eigenvalue weighted by Gasteiger charge is 2.09. The molecular formula is C27H29FO. The van der Waals surface area contributed by atoms with Gasteiger partial charge in [0.25, 0.3) is 0 Å². The summed E-state index contributed by atoms with van der Waals surface area (Å²) >= 11 is 0. The van der Waals surface area contributed by atoms with Gasteiger partial charge in [-0.3, -0.25) is 0 Å². The number of allylic oxidation sites excluding steroid dienone is 1. The second kappa shape index (κ2) is 10.6. The number of hydrogen-bond donors (Lipinski definition) is 0. The summed E-state index contributed by atoms with van der Waals surface area (Å²) in [4.78, 5) is 0. The highest BCUT2D eigenvalue weighted by Crippen LogP contribution is 2.26. The molecule has 3 aromatic rings. The Morgan fingerprint density at radius 2 is 1.72 bits per heavy atom. The van der Waals surface area contributed by atoms with E-state index >= 15 is 0 Å². The third-order valence-corrected chi connectivity index (χ3v) is 5.23. The first-order valence-electron chi connectivity index (χ1n) is 10.4. The molecule has 0 fully saturated rings. The van der Waals surface area contributed by atoms with Crippen molar-refractivity contribution < 1.29 is 9.13 Å². The smallest absolute Gasteiger partial charge is 0.126 e. The molecule has 0 radical (unpaired) electrons. The summed E-state index contributed by atoms with van der Waals surface area (Å²) in [5, 5.41) is 0. The summed E-state index contributed by atoms with van der Waals surface area (Å²) in [5.41, 5.74) is 4.34. The Labute approximate surface area is 173 Å². The largest absolute Gasteiger partial charge is 0.494 e. The predicted molar refractivity (Wildman–Crippen MR) is 119 cm³/mol. The molecule has 3 aromatic carbocycles. The van der Waals surface area contributed by atoms with E-state index in [0.717, 1.165) is 36.1 Å². The van der Waals surface area contributed by atoms with Crippen LogP contribution in [0, 0.1) is 5.82 Å². The number of hydrogen-bond acceptors (Lipinski definition) is 1. The monoisotopic (exact) mass is 388 g/mol. The maximum absolute atomic E-state index is 14.2. The van der Waals surface area contributed by atoms with Gasteiger partial charge in [0.05, 0.1) is 6.61 Å². The van der Waals surface area contributed by atoms with Crippen molar-refractivity contribution in [3.05, 3.63) is 114 Å². The van der Waals surface area contributed by atoms with E-state index in [2.05, 4.69) is 18.7 Å². The zero-order valence-electron chi connectivity index (χ0n) is 17.1. The predicted octanol–water partition coefficient (Wildman–Crippen LogP) is 7.11. The first-order chi connectivity index (χ1) is 14.2. The summed E-state index contributed by atoms with van der Waals surface area (Å²) < 4.78 is 19.8. The molecule has 0 aromatic heterocycles. The average molecular weight is 389 g/mol. The van der Waals surface area contributed by atoms with E-state index in [9.17, 15) is 4.39 Å². The first kappa shape index (κ1) is 20.9. The molecule has 0 amide bonds. The molecule has 3 rings (SSSR count). The van der Waals surface area contributed by atoms with Crippen LogP contribution < -0.4 is 4.74 Å². The third-order valence-electron chi connectivity index (χ3n) is 5.23. The zero-order valence-corrected chi connectivity index (χ0v) is 17.1. The standard InChI is InChI=1S/C27H29FO/c1-3-23(24-14-16-26(17-15-24)29-4-2)12-8-11-22-13-18-27(28)25(20-22)19-21-9-6-5-7-10-21/h3,5-7,9-10,13-18,20,23H,1,4,8,11-12,19H2,2H3. The van der Waals surface area contributed by atoms with Gasteiger partial charge in [-0.15, -0.1) is 6.58 Å². The lowest BCUT2D eigenvalue weighted by Crippen LogP contribution is -1.99. The van der Waals surface area contributed by atoms with E-state index < -0.39 is 0 Å². The van der Waals surface area contributed by atoms with Crippen LogP contribution in [0.15, 0.2) is 85.5 Å². The molecule has 0 aliphatic rings. The molecule has 0 bridgehead atoms. The Balaban J connectivity index is 1.59. The minimum Gasteiger partial charge on any atom is -0.494 e. The van der Waals surface area contributed by atoms with Gasteiger partial charge in [-0.25, -0.2) is 4.39 Å². The molecule has 0 saturated heterocycles. The number of benzene rings is 3.